The fraction of sp³-hybridized carbons (Fsp3) is 0.0625. The fourth-order valence-corrected chi connectivity index (χ4v) is 2.52. The van der Waals surface area contributed by atoms with Gasteiger partial charge >= 0.3 is 5.97 Å². The second-order valence-corrected chi connectivity index (χ2v) is 5.56. The number of ether oxygens (including phenoxy) is 1. The molecule has 2 aromatic carbocycles. The number of carbonyl (C=O) groups excluding carboxylic acids is 2. The highest BCUT2D eigenvalue weighted by Crippen LogP contribution is 2.28. The molecule has 0 saturated heterocycles. The van der Waals surface area contributed by atoms with Crippen LogP contribution in [-0.2, 0) is 9.53 Å². The zero-order valence-electron chi connectivity index (χ0n) is 11.6. The molecule has 6 heteroatoms. The number of hydrogen-bond acceptors (Lipinski definition) is 4. The van der Waals surface area contributed by atoms with E-state index in [1.165, 1.54) is 7.11 Å². The molecule has 0 unspecified atom stereocenters. The predicted octanol–water partition coefficient (Wildman–Crippen LogP) is 3.31. The Hall–Kier alpha value is -2.47. The van der Waals surface area contributed by atoms with Crippen molar-refractivity contribution in [2.75, 3.05) is 12.4 Å². The fourth-order valence-electron chi connectivity index (χ4n) is 2.16. The normalized spacial score (nSPS) is 14.6. The third-order valence-corrected chi connectivity index (χ3v) is 3.72. The van der Waals surface area contributed by atoms with Gasteiger partial charge in [0, 0.05) is 10.0 Å². The van der Waals surface area contributed by atoms with Crippen LogP contribution < -0.4 is 5.32 Å². The minimum Gasteiger partial charge on any atom is -0.465 e. The smallest absolute Gasteiger partial charge is 0.337 e. The Bertz CT molecular complexity index is 798. The van der Waals surface area contributed by atoms with Crippen LogP contribution in [0.5, 0.6) is 0 Å². The van der Waals surface area contributed by atoms with Crippen molar-refractivity contribution in [1.29, 1.82) is 0 Å². The summed E-state index contributed by atoms with van der Waals surface area (Å²) in [6.45, 7) is 0. The van der Waals surface area contributed by atoms with Gasteiger partial charge in [0.1, 0.15) is 5.71 Å². The van der Waals surface area contributed by atoms with Gasteiger partial charge in [-0.2, -0.15) is 0 Å². The highest BCUT2D eigenvalue weighted by Gasteiger charge is 2.26. The first-order valence-electron chi connectivity index (χ1n) is 6.47. The molecule has 0 aliphatic carbocycles. The van der Waals surface area contributed by atoms with E-state index in [1.54, 1.807) is 24.3 Å². The van der Waals surface area contributed by atoms with Gasteiger partial charge in [0.15, 0.2) is 0 Å². The van der Waals surface area contributed by atoms with Gasteiger partial charge in [-0.25, -0.2) is 9.79 Å². The van der Waals surface area contributed by atoms with Crippen molar-refractivity contribution in [2.45, 2.75) is 0 Å². The zero-order valence-corrected chi connectivity index (χ0v) is 13.2. The lowest BCUT2D eigenvalue weighted by Crippen LogP contribution is -2.13. The molecular weight excluding hydrogens is 348 g/mol. The Morgan fingerprint density at radius 3 is 2.59 bits per heavy atom. The number of nitrogens with one attached hydrogen (secondary N) is 1. The van der Waals surface area contributed by atoms with Crippen LogP contribution in [0.15, 0.2) is 51.9 Å². The van der Waals surface area contributed by atoms with Gasteiger partial charge in [-0.15, -0.1) is 0 Å². The van der Waals surface area contributed by atoms with Crippen LogP contribution >= 0.6 is 15.9 Å². The molecule has 22 heavy (non-hydrogen) atoms. The van der Waals surface area contributed by atoms with Gasteiger partial charge < -0.3 is 10.1 Å². The highest BCUT2D eigenvalue weighted by atomic mass is 79.9. The molecule has 5 nitrogen and oxygen atoms in total. The van der Waals surface area contributed by atoms with Gasteiger partial charge in [-0.1, -0.05) is 15.9 Å². The van der Waals surface area contributed by atoms with Gasteiger partial charge in [0.2, 0.25) is 0 Å². The Morgan fingerprint density at radius 2 is 1.91 bits per heavy atom. The van der Waals surface area contributed by atoms with E-state index in [2.05, 4.69) is 31.0 Å². The molecule has 1 heterocycles. The molecule has 1 N–H and O–H groups in total. The number of anilines is 1. The van der Waals surface area contributed by atoms with Gasteiger partial charge in [-0.05, 0) is 42.5 Å². The number of aliphatic imine (C=N–C) groups is 1. The van der Waals surface area contributed by atoms with Crippen molar-refractivity contribution in [2.24, 2.45) is 4.99 Å². The molecule has 1 aliphatic heterocycles. The lowest BCUT2D eigenvalue weighted by molar-refractivity contribution is -0.110. The SMILES string of the molecule is COC(=O)c1ccc(N=C2C(=O)Nc3ccc(Br)cc32)cc1. The molecule has 3 rings (SSSR count). The van der Waals surface area contributed by atoms with E-state index in [0.717, 1.165) is 15.7 Å². The third-order valence-electron chi connectivity index (χ3n) is 3.23. The van der Waals surface area contributed by atoms with E-state index in [1.807, 2.05) is 18.2 Å². The van der Waals surface area contributed by atoms with Crippen molar-refractivity contribution in [3.05, 3.63) is 58.1 Å². The maximum atomic E-state index is 12.0. The van der Waals surface area contributed by atoms with Gasteiger partial charge in [0.25, 0.3) is 5.91 Å². The molecule has 110 valence electrons. The first kappa shape index (κ1) is 14.5. The van der Waals surface area contributed by atoms with Crippen LogP contribution in [0.3, 0.4) is 0 Å². The number of carbonyl (C=O) groups is 2. The summed E-state index contributed by atoms with van der Waals surface area (Å²) >= 11 is 3.39. The second kappa shape index (κ2) is 5.73. The summed E-state index contributed by atoms with van der Waals surface area (Å²) in [6, 6.07) is 12.1. The summed E-state index contributed by atoms with van der Waals surface area (Å²) in [5, 5.41) is 2.77. The van der Waals surface area contributed by atoms with E-state index in [4.69, 9.17) is 0 Å². The quantitative estimate of drug-likeness (QED) is 0.837. The van der Waals surface area contributed by atoms with Crippen molar-refractivity contribution in [1.82, 2.24) is 0 Å². The van der Waals surface area contributed by atoms with Gasteiger partial charge in [0.05, 0.1) is 24.0 Å². The van der Waals surface area contributed by atoms with E-state index in [-0.39, 0.29) is 5.91 Å². The third kappa shape index (κ3) is 2.65. The molecule has 0 spiro atoms. The molecule has 1 aliphatic rings. The molecule has 0 fully saturated rings. The first-order valence-corrected chi connectivity index (χ1v) is 7.26. The molecule has 0 atom stereocenters. The summed E-state index contributed by atoms with van der Waals surface area (Å²) in [4.78, 5) is 27.8. The van der Waals surface area contributed by atoms with Crippen LogP contribution in [0.2, 0.25) is 0 Å². The van der Waals surface area contributed by atoms with Crippen LogP contribution in [-0.4, -0.2) is 24.7 Å². The molecule has 0 aromatic heterocycles. The first-order chi connectivity index (χ1) is 10.6. The van der Waals surface area contributed by atoms with Crippen LogP contribution in [0.4, 0.5) is 11.4 Å². The largest absolute Gasteiger partial charge is 0.465 e. The number of hydrogen-bond donors (Lipinski definition) is 1. The Morgan fingerprint density at radius 1 is 1.18 bits per heavy atom. The number of methoxy groups -OCH3 is 1. The molecular formula is C16H11BrN2O3. The molecule has 1 amide bonds. The summed E-state index contributed by atoms with van der Waals surface area (Å²) in [5.41, 5.74) is 2.85. The van der Waals surface area contributed by atoms with Crippen LogP contribution in [0.1, 0.15) is 15.9 Å². The zero-order chi connectivity index (χ0) is 15.7. The molecule has 0 saturated carbocycles. The number of rotatable bonds is 2. The number of halogens is 1. The average molecular weight is 359 g/mol. The van der Waals surface area contributed by atoms with E-state index < -0.39 is 5.97 Å². The number of esters is 1. The minimum absolute atomic E-state index is 0.245. The predicted molar refractivity (Wildman–Crippen MR) is 86.8 cm³/mol. The lowest BCUT2D eigenvalue weighted by atomic mass is 10.1. The van der Waals surface area contributed by atoms with E-state index in [9.17, 15) is 9.59 Å². The highest BCUT2D eigenvalue weighted by molar-refractivity contribution is 9.10. The van der Waals surface area contributed by atoms with Crippen molar-refractivity contribution >= 4 is 44.9 Å². The number of amides is 1. The maximum absolute atomic E-state index is 12.0. The second-order valence-electron chi connectivity index (χ2n) is 4.64. The summed E-state index contributed by atoms with van der Waals surface area (Å²) in [7, 11) is 1.33. The van der Waals surface area contributed by atoms with Crippen molar-refractivity contribution in [3.8, 4) is 0 Å². The van der Waals surface area contributed by atoms with Crippen molar-refractivity contribution < 1.29 is 14.3 Å². The topological polar surface area (TPSA) is 67.8 Å². The van der Waals surface area contributed by atoms with Crippen LogP contribution in [0, 0.1) is 0 Å². The van der Waals surface area contributed by atoms with E-state index >= 15 is 0 Å². The Balaban J connectivity index is 1.97. The average Bonchev–Trinajstić information content (AvgIpc) is 2.83. The van der Waals surface area contributed by atoms with Crippen LogP contribution in [0.25, 0.3) is 0 Å². The Kier molecular flexibility index (Phi) is 3.77. The summed E-state index contributed by atoms with van der Waals surface area (Å²) in [6.07, 6.45) is 0. The molecule has 0 bridgehead atoms. The minimum atomic E-state index is -0.410. The number of nitrogens with zero attached hydrogens (tertiary/aromatic N) is 1. The standard InChI is InChI=1S/C16H11BrN2O3/c1-22-16(21)9-2-5-11(6-3-9)18-14-12-8-10(17)4-7-13(12)19-15(14)20/h2-8H,1H3,(H,18,19,20). The van der Waals surface area contributed by atoms with Gasteiger partial charge in [-0.3, -0.25) is 4.79 Å². The lowest BCUT2D eigenvalue weighted by Gasteiger charge is -2.01. The van der Waals surface area contributed by atoms with E-state index in [0.29, 0.717) is 17.0 Å². The number of benzene rings is 2. The summed E-state index contributed by atoms with van der Waals surface area (Å²) < 4.78 is 5.51. The molecule has 0 radical (unpaired) electrons. The maximum Gasteiger partial charge on any atom is 0.337 e. The Labute approximate surface area is 135 Å². The summed E-state index contributed by atoms with van der Waals surface area (Å²) in [5.74, 6) is -0.655. The number of fused-ring (bicyclic) bond motifs is 1. The van der Waals surface area contributed by atoms with Crippen molar-refractivity contribution in [3.63, 3.8) is 0 Å². The molecule has 2 aromatic rings. The monoisotopic (exact) mass is 358 g/mol.